The molecule has 1 aliphatic rings. The number of hydrogen-bond donors (Lipinski definition) is 0. The predicted octanol–water partition coefficient (Wildman–Crippen LogP) is 4.47. The van der Waals surface area contributed by atoms with Gasteiger partial charge < -0.3 is 0 Å². The first-order valence-electron chi connectivity index (χ1n) is 5.80. The minimum absolute atomic E-state index is 0.845. The Morgan fingerprint density at radius 2 is 1.92 bits per heavy atom. The van der Waals surface area contributed by atoms with E-state index in [2.05, 4.69) is 13.8 Å². The summed E-state index contributed by atoms with van der Waals surface area (Å²) in [5.74, 6) is 3.77. The third-order valence-corrected chi connectivity index (χ3v) is 3.83. The molecule has 0 aromatic carbocycles. The molecule has 0 aromatic rings. The van der Waals surface area contributed by atoms with Crippen molar-refractivity contribution >= 4 is 11.6 Å². The van der Waals surface area contributed by atoms with Crippen molar-refractivity contribution in [3.63, 3.8) is 0 Å². The number of rotatable bonds is 4. The van der Waals surface area contributed by atoms with Gasteiger partial charge in [-0.2, -0.15) is 0 Å². The summed E-state index contributed by atoms with van der Waals surface area (Å²) in [7, 11) is 0. The summed E-state index contributed by atoms with van der Waals surface area (Å²) in [5, 5.41) is 0. The highest BCUT2D eigenvalue weighted by molar-refractivity contribution is 6.17. The van der Waals surface area contributed by atoms with Gasteiger partial charge in [0.1, 0.15) is 0 Å². The molecule has 0 spiro atoms. The van der Waals surface area contributed by atoms with E-state index >= 15 is 0 Å². The molecule has 1 aliphatic carbocycles. The second kappa shape index (κ2) is 5.90. The first-order chi connectivity index (χ1) is 6.24. The lowest BCUT2D eigenvalue weighted by Gasteiger charge is -2.32. The third-order valence-electron chi connectivity index (χ3n) is 3.57. The van der Waals surface area contributed by atoms with Gasteiger partial charge in [-0.05, 0) is 37.0 Å². The summed E-state index contributed by atoms with van der Waals surface area (Å²) in [6.07, 6.45) is 8.33. The monoisotopic (exact) mass is 202 g/mol. The molecule has 0 bridgehead atoms. The van der Waals surface area contributed by atoms with E-state index in [1.165, 1.54) is 38.5 Å². The zero-order chi connectivity index (χ0) is 9.68. The molecule has 0 radical (unpaired) electrons. The van der Waals surface area contributed by atoms with Crippen molar-refractivity contribution in [1.29, 1.82) is 0 Å². The van der Waals surface area contributed by atoms with Crippen LogP contribution >= 0.6 is 11.6 Å². The molecule has 0 aliphatic heterocycles. The van der Waals surface area contributed by atoms with E-state index in [9.17, 15) is 0 Å². The highest BCUT2D eigenvalue weighted by Gasteiger charge is 2.24. The Morgan fingerprint density at radius 3 is 2.54 bits per heavy atom. The van der Waals surface area contributed by atoms with Crippen molar-refractivity contribution in [2.75, 3.05) is 5.88 Å². The molecule has 0 N–H and O–H groups in total. The van der Waals surface area contributed by atoms with Crippen LogP contribution in [0.5, 0.6) is 0 Å². The largest absolute Gasteiger partial charge is 0.127 e. The van der Waals surface area contributed by atoms with Crippen molar-refractivity contribution in [1.82, 2.24) is 0 Å². The Bertz CT molecular complexity index is 133. The molecule has 1 fully saturated rings. The number of alkyl halides is 1. The lowest BCUT2D eigenvalue weighted by molar-refractivity contribution is 0.191. The van der Waals surface area contributed by atoms with Gasteiger partial charge in [0.05, 0.1) is 0 Å². The maximum absolute atomic E-state index is 5.68. The fourth-order valence-corrected chi connectivity index (χ4v) is 2.85. The summed E-state index contributed by atoms with van der Waals surface area (Å²) < 4.78 is 0. The predicted molar refractivity (Wildman–Crippen MR) is 60.2 cm³/mol. The average molecular weight is 203 g/mol. The van der Waals surface area contributed by atoms with Gasteiger partial charge >= 0.3 is 0 Å². The molecule has 0 heterocycles. The molecule has 78 valence electrons. The summed E-state index contributed by atoms with van der Waals surface area (Å²) in [6.45, 7) is 4.83. The van der Waals surface area contributed by atoms with Crippen molar-refractivity contribution < 1.29 is 0 Å². The summed E-state index contributed by atoms with van der Waals surface area (Å²) in [6, 6.07) is 0. The molecule has 0 aromatic heterocycles. The van der Waals surface area contributed by atoms with Gasteiger partial charge in [0.2, 0.25) is 0 Å². The van der Waals surface area contributed by atoms with Crippen LogP contribution in [0.3, 0.4) is 0 Å². The van der Waals surface area contributed by atoms with Crippen LogP contribution in [0.15, 0.2) is 0 Å². The fraction of sp³-hybridized carbons (Fsp3) is 1.00. The van der Waals surface area contributed by atoms with E-state index in [1.807, 2.05) is 0 Å². The van der Waals surface area contributed by atoms with E-state index in [4.69, 9.17) is 11.6 Å². The first kappa shape index (κ1) is 11.4. The lowest BCUT2D eigenvalue weighted by Crippen LogP contribution is -2.21. The number of hydrogen-bond acceptors (Lipinski definition) is 0. The van der Waals surface area contributed by atoms with Crippen LogP contribution in [-0.4, -0.2) is 5.88 Å². The van der Waals surface area contributed by atoms with Gasteiger partial charge in [-0.3, -0.25) is 0 Å². The molecule has 1 saturated carbocycles. The average Bonchev–Trinajstić information content (AvgIpc) is 2.09. The second-order valence-corrected chi connectivity index (χ2v) is 5.22. The van der Waals surface area contributed by atoms with E-state index < -0.39 is 0 Å². The Balaban J connectivity index is 2.18. The van der Waals surface area contributed by atoms with Crippen LogP contribution in [0.1, 0.15) is 52.4 Å². The van der Waals surface area contributed by atoms with E-state index in [0.29, 0.717) is 0 Å². The van der Waals surface area contributed by atoms with Crippen LogP contribution in [0.2, 0.25) is 0 Å². The Labute approximate surface area is 88.1 Å². The molecule has 0 saturated heterocycles. The Morgan fingerprint density at radius 1 is 1.15 bits per heavy atom. The van der Waals surface area contributed by atoms with Gasteiger partial charge in [0, 0.05) is 5.88 Å². The molecule has 0 nitrogen and oxygen atoms in total. The normalized spacial score (nSPS) is 34.8. The Hall–Kier alpha value is 0.290. The topological polar surface area (TPSA) is 0 Å². The lowest BCUT2D eigenvalue weighted by atomic mass is 9.74. The molecule has 3 atom stereocenters. The minimum Gasteiger partial charge on any atom is -0.127 e. The molecular formula is C12H23Cl. The molecule has 13 heavy (non-hydrogen) atoms. The number of unbranched alkanes of at least 4 members (excludes halogenated alkanes) is 1. The van der Waals surface area contributed by atoms with Crippen LogP contribution in [0.4, 0.5) is 0 Å². The van der Waals surface area contributed by atoms with Crippen molar-refractivity contribution in [2.24, 2.45) is 17.8 Å². The molecule has 1 heteroatoms. The third kappa shape index (κ3) is 3.89. The highest BCUT2D eigenvalue weighted by Crippen LogP contribution is 2.36. The zero-order valence-corrected chi connectivity index (χ0v) is 9.82. The van der Waals surface area contributed by atoms with Gasteiger partial charge in [-0.15, -0.1) is 11.6 Å². The first-order valence-corrected chi connectivity index (χ1v) is 6.33. The zero-order valence-electron chi connectivity index (χ0n) is 9.06. The second-order valence-electron chi connectivity index (χ2n) is 4.84. The molecule has 3 unspecified atom stereocenters. The summed E-state index contributed by atoms with van der Waals surface area (Å²) >= 11 is 5.68. The van der Waals surface area contributed by atoms with Gasteiger partial charge in [-0.25, -0.2) is 0 Å². The summed E-state index contributed by atoms with van der Waals surface area (Å²) in [5.41, 5.74) is 0. The fourth-order valence-electron chi connectivity index (χ4n) is 2.66. The quantitative estimate of drug-likeness (QED) is 0.466. The maximum Gasteiger partial charge on any atom is 0.0223 e. The number of halogens is 1. The van der Waals surface area contributed by atoms with Crippen molar-refractivity contribution in [2.45, 2.75) is 52.4 Å². The molecule has 0 amide bonds. The molecular weight excluding hydrogens is 180 g/mol. The van der Waals surface area contributed by atoms with Crippen LogP contribution in [0, 0.1) is 17.8 Å². The maximum atomic E-state index is 5.68. The van der Waals surface area contributed by atoms with E-state index in [-0.39, 0.29) is 0 Å². The summed E-state index contributed by atoms with van der Waals surface area (Å²) in [4.78, 5) is 0. The minimum atomic E-state index is 0.845. The van der Waals surface area contributed by atoms with Crippen LogP contribution < -0.4 is 0 Å². The van der Waals surface area contributed by atoms with Gasteiger partial charge in [0.15, 0.2) is 0 Å². The molecule has 1 rings (SSSR count). The Kier molecular flexibility index (Phi) is 5.16. The van der Waals surface area contributed by atoms with Gasteiger partial charge in [-0.1, -0.05) is 33.1 Å². The SMILES string of the molecule is CC1CCC(CCCCCl)C(C)C1. The van der Waals surface area contributed by atoms with Crippen molar-refractivity contribution in [3.8, 4) is 0 Å². The van der Waals surface area contributed by atoms with Crippen LogP contribution in [-0.2, 0) is 0 Å². The van der Waals surface area contributed by atoms with E-state index in [0.717, 1.165) is 23.6 Å². The van der Waals surface area contributed by atoms with Crippen molar-refractivity contribution in [3.05, 3.63) is 0 Å². The smallest absolute Gasteiger partial charge is 0.0223 e. The standard InChI is InChI=1S/C12H23Cl/c1-10-6-7-12(11(2)9-10)5-3-4-8-13/h10-12H,3-9H2,1-2H3. The highest BCUT2D eigenvalue weighted by atomic mass is 35.5. The van der Waals surface area contributed by atoms with Gasteiger partial charge in [0.25, 0.3) is 0 Å². The van der Waals surface area contributed by atoms with E-state index in [1.54, 1.807) is 0 Å². The van der Waals surface area contributed by atoms with Crippen LogP contribution in [0.25, 0.3) is 0 Å².